The van der Waals surface area contributed by atoms with Crippen LogP contribution in [0.5, 0.6) is 11.5 Å². The second-order valence-electron chi connectivity index (χ2n) is 7.20. The zero-order chi connectivity index (χ0) is 22.9. The van der Waals surface area contributed by atoms with Crippen LogP contribution in [0, 0.1) is 17.0 Å². The van der Waals surface area contributed by atoms with Crippen molar-refractivity contribution in [1.29, 1.82) is 0 Å². The van der Waals surface area contributed by atoms with E-state index in [1.807, 2.05) is 6.92 Å². The molecule has 9 heteroatoms. The monoisotopic (exact) mass is 426 g/mol. The normalized spacial score (nSPS) is 17.8. The molecule has 3 rings (SSSR count). The molecule has 2 N–H and O–H groups in total. The number of carbonyl (C=O) groups is 2. The highest BCUT2D eigenvalue weighted by molar-refractivity contribution is 6.46. The molecule has 0 aromatic heterocycles. The number of aliphatic hydroxyl groups excluding tert-OH is 1. The summed E-state index contributed by atoms with van der Waals surface area (Å²) in [6.07, 6.45) is 0.525. The van der Waals surface area contributed by atoms with Crippen LogP contribution in [0.1, 0.15) is 36.1 Å². The predicted molar refractivity (Wildman–Crippen MR) is 112 cm³/mol. The Balaban J connectivity index is 2.29. The minimum atomic E-state index is -1.05. The number of benzene rings is 2. The van der Waals surface area contributed by atoms with Crippen molar-refractivity contribution in [2.24, 2.45) is 0 Å². The number of likely N-dealkylation sites (tertiary alicyclic amines) is 1. The van der Waals surface area contributed by atoms with Gasteiger partial charge in [0, 0.05) is 12.6 Å². The van der Waals surface area contributed by atoms with Crippen molar-refractivity contribution in [3.8, 4) is 11.5 Å². The van der Waals surface area contributed by atoms with Crippen LogP contribution in [0.3, 0.4) is 0 Å². The summed E-state index contributed by atoms with van der Waals surface area (Å²) in [5.41, 5.74) is 0.498. The number of aromatic hydroxyl groups is 1. The first-order valence-corrected chi connectivity index (χ1v) is 9.62. The number of rotatable bonds is 6. The molecule has 9 nitrogen and oxygen atoms in total. The second-order valence-corrected chi connectivity index (χ2v) is 7.20. The van der Waals surface area contributed by atoms with Gasteiger partial charge in [-0.2, -0.15) is 0 Å². The number of nitrogens with zero attached hydrogens (tertiary/aromatic N) is 2. The van der Waals surface area contributed by atoms with Gasteiger partial charge >= 0.3 is 5.69 Å². The van der Waals surface area contributed by atoms with E-state index in [1.165, 1.54) is 18.1 Å². The van der Waals surface area contributed by atoms with Crippen molar-refractivity contribution in [2.45, 2.75) is 26.3 Å². The van der Waals surface area contributed by atoms with Crippen molar-refractivity contribution >= 4 is 23.1 Å². The van der Waals surface area contributed by atoms with E-state index < -0.39 is 39.9 Å². The maximum atomic E-state index is 12.9. The number of hydrogen-bond acceptors (Lipinski definition) is 7. The van der Waals surface area contributed by atoms with Gasteiger partial charge in [0.1, 0.15) is 11.5 Å². The fourth-order valence-corrected chi connectivity index (χ4v) is 3.71. The molecule has 31 heavy (non-hydrogen) atoms. The SMILES string of the molecule is CCCN1C(=O)C(=O)/C(=C(/O)c2cc(C)ccc2OC)C1c1ccc(O)c([N+](=O)[O-])c1. The third kappa shape index (κ3) is 3.81. The molecular weight excluding hydrogens is 404 g/mol. The average Bonchev–Trinajstić information content (AvgIpc) is 2.98. The van der Waals surface area contributed by atoms with Gasteiger partial charge in [0.05, 0.1) is 29.2 Å². The number of nitro benzene ring substituents is 1. The Kier molecular flexibility index (Phi) is 5.96. The van der Waals surface area contributed by atoms with Gasteiger partial charge in [0.15, 0.2) is 5.75 Å². The van der Waals surface area contributed by atoms with Crippen LogP contribution in [0.25, 0.3) is 5.76 Å². The molecule has 1 atom stereocenters. The summed E-state index contributed by atoms with van der Waals surface area (Å²) in [4.78, 5) is 37.5. The van der Waals surface area contributed by atoms with Crippen LogP contribution in [0.2, 0.25) is 0 Å². The van der Waals surface area contributed by atoms with E-state index >= 15 is 0 Å². The summed E-state index contributed by atoms with van der Waals surface area (Å²) in [5, 5.41) is 32.2. The van der Waals surface area contributed by atoms with Gasteiger partial charge in [0.2, 0.25) is 0 Å². The van der Waals surface area contributed by atoms with Crippen LogP contribution in [0.15, 0.2) is 42.0 Å². The summed E-state index contributed by atoms with van der Waals surface area (Å²) in [7, 11) is 1.41. The zero-order valence-electron chi connectivity index (χ0n) is 17.3. The van der Waals surface area contributed by atoms with E-state index in [0.29, 0.717) is 12.2 Å². The van der Waals surface area contributed by atoms with Crippen molar-refractivity contribution < 1.29 is 29.5 Å². The molecule has 0 saturated carbocycles. The molecule has 1 unspecified atom stereocenters. The van der Waals surface area contributed by atoms with Gasteiger partial charge in [-0.25, -0.2) is 0 Å². The number of amides is 1. The fraction of sp³-hybridized carbons (Fsp3) is 0.273. The third-order valence-corrected chi connectivity index (χ3v) is 5.13. The molecule has 1 fully saturated rings. The fourth-order valence-electron chi connectivity index (χ4n) is 3.71. The Morgan fingerprint density at radius 2 is 1.94 bits per heavy atom. The van der Waals surface area contributed by atoms with E-state index in [-0.39, 0.29) is 23.2 Å². The van der Waals surface area contributed by atoms with Gasteiger partial charge in [-0.05, 0) is 37.1 Å². The number of phenolic OH excluding ortho intramolecular Hbond substituents is 1. The van der Waals surface area contributed by atoms with Crippen LogP contribution >= 0.6 is 0 Å². The van der Waals surface area contributed by atoms with Crippen molar-refractivity contribution in [2.75, 3.05) is 13.7 Å². The molecular formula is C22H22N2O7. The minimum absolute atomic E-state index is 0.192. The molecule has 2 aromatic carbocycles. The molecule has 0 bridgehead atoms. The maximum Gasteiger partial charge on any atom is 0.311 e. The Hall–Kier alpha value is -3.88. The number of aryl methyl sites for hydroxylation is 1. The number of hydrogen-bond donors (Lipinski definition) is 2. The van der Waals surface area contributed by atoms with Gasteiger partial charge in [-0.1, -0.05) is 24.6 Å². The molecule has 2 aromatic rings. The highest BCUT2D eigenvalue weighted by Gasteiger charge is 2.46. The Labute approximate surface area is 178 Å². The van der Waals surface area contributed by atoms with Crippen LogP contribution in [-0.4, -0.2) is 45.4 Å². The first kappa shape index (κ1) is 21.8. The lowest BCUT2D eigenvalue weighted by atomic mass is 9.94. The van der Waals surface area contributed by atoms with E-state index in [9.17, 15) is 29.9 Å². The van der Waals surface area contributed by atoms with E-state index in [4.69, 9.17) is 4.74 Å². The van der Waals surface area contributed by atoms with Gasteiger partial charge in [-0.15, -0.1) is 0 Å². The largest absolute Gasteiger partial charge is 0.507 e. The van der Waals surface area contributed by atoms with Crippen molar-refractivity contribution in [1.82, 2.24) is 4.90 Å². The summed E-state index contributed by atoms with van der Waals surface area (Å²) in [6, 6.07) is 7.60. The standard InChI is InChI=1S/C22H22N2O7/c1-4-9-23-19(13-6-7-16(25)15(11-13)24(29)30)18(21(27)22(23)28)20(26)14-10-12(2)5-8-17(14)31-3/h5-8,10-11,19,25-26H,4,9H2,1-3H3/b20-18+. The van der Waals surface area contributed by atoms with Crippen molar-refractivity contribution in [3.05, 3.63) is 68.8 Å². The number of nitro groups is 1. The average molecular weight is 426 g/mol. The third-order valence-electron chi connectivity index (χ3n) is 5.13. The molecule has 1 heterocycles. The summed E-state index contributed by atoms with van der Waals surface area (Å²) >= 11 is 0. The van der Waals surface area contributed by atoms with Gasteiger partial charge in [-0.3, -0.25) is 19.7 Å². The lowest BCUT2D eigenvalue weighted by Crippen LogP contribution is -2.30. The summed E-state index contributed by atoms with van der Waals surface area (Å²) < 4.78 is 5.30. The number of ketones is 1. The topological polar surface area (TPSA) is 130 Å². The quantitative estimate of drug-likeness (QED) is 0.238. The number of ether oxygens (including phenoxy) is 1. The van der Waals surface area contributed by atoms with Crippen LogP contribution in [-0.2, 0) is 9.59 Å². The summed E-state index contributed by atoms with van der Waals surface area (Å²) in [6.45, 7) is 3.82. The van der Waals surface area contributed by atoms with E-state index in [1.54, 1.807) is 25.1 Å². The maximum absolute atomic E-state index is 12.9. The first-order valence-electron chi connectivity index (χ1n) is 9.62. The predicted octanol–water partition coefficient (Wildman–Crippen LogP) is 3.45. The number of Topliss-reactive ketones (excluding diaryl/α,β-unsaturated/α-hetero) is 1. The molecule has 0 spiro atoms. The molecule has 1 saturated heterocycles. The second kappa shape index (κ2) is 8.47. The molecule has 162 valence electrons. The number of methoxy groups -OCH3 is 1. The van der Waals surface area contributed by atoms with Crippen LogP contribution < -0.4 is 4.74 Å². The van der Waals surface area contributed by atoms with Crippen molar-refractivity contribution in [3.63, 3.8) is 0 Å². The number of carbonyl (C=O) groups excluding carboxylic acids is 2. The lowest BCUT2D eigenvalue weighted by molar-refractivity contribution is -0.385. The molecule has 1 aliphatic heterocycles. The van der Waals surface area contributed by atoms with Gasteiger partial charge in [0.25, 0.3) is 11.7 Å². The molecule has 0 radical (unpaired) electrons. The first-order chi connectivity index (χ1) is 14.7. The van der Waals surface area contributed by atoms with E-state index in [2.05, 4.69) is 0 Å². The highest BCUT2D eigenvalue weighted by atomic mass is 16.6. The Morgan fingerprint density at radius 1 is 1.23 bits per heavy atom. The highest BCUT2D eigenvalue weighted by Crippen LogP contribution is 2.42. The van der Waals surface area contributed by atoms with Gasteiger partial charge < -0.3 is 19.8 Å². The number of aliphatic hydroxyl groups is 1. The Bertz CT molecular complexity index is 1110. The Morgan fingerprint density at radius 3 is 2.55 bits per heavy atom. The number of phenols is 1. The zero-order valence-corrected chi connectivity index (χ0v) is 17.3. The smallest absolute Gasteiger partial charge is 0.311 e. The molecule has 0 aliphatic carbocycles. The summed E-state index contributed by atoms with van der Waals surface area (Å²) in [5.74, 6) is -2.37. The lowest BCUT2D eigenvalue weighted by Gasteiger charge is -2.25. The van der Waals surface area contributed by atoms with Crippen LogP contribution in [0.4, 0.5) is 5.69 Å². The minimum Gasteiger partial charge on any atom is -0.507 e. The molecule has 1 aliphatic rings. The molecule has 1 amide bonds. The van der Waals surface area contributed by atoms with E-state index in [0.717, 1.165) is 17.7 Å².